The van der Waals surface area contributed by atoms with Crippen molar-refractivity contribution in [2.45, 2.75) is 0 Å². The monoisotopic (exact) mass is 334 g/mol. The normalized spacial score (nSPS) is 15.4. The number of nitrogens with zero attached hydrogens (tertiary/aromatic N) is 3. The zero-order chi connectivity index (χ0) is 16.9. The zero-order valence-electron chi connectivity index (χ0n) is 13.1. The van der Waals surface area contributed by atoms with Crippen molar-refractivity contribution in [1.82, 2.24) is 20.0 Å². The predicted molar refractivity (Wildman–Crippen MR) is 84.8 cm³/mol. The molecule has 1 aromatic carbocycles. The number of aromatic nitrogens is 2. The maximum atomic E-state index is 13.8. The van der Waals surface area contributed by atoms with Crippen molar-refractivity contribution < 1.29 is 19.0 Å². The summed E-state index contributed by atoms with van der Waals surface area (Å²) in [6, 6.07) is 6.01. The molecular formula is C16H19FN4O3. The maximum absolute atomic E-state index is 13.8. The van der Waals surface area contributed by atoms with Gasteiger partial charge in [0.15, 0.2) is 11.4 Å². The van der Waals surface area contributed by atoms with Gasteiger partial charge in [-0.05, 0) is 12.1 Å². The summed E-state index contributed by atoms with van der Waals surface area (Å²) in [6.07, 6.45) is 1.22. The highest BCUT2D eigenvalue weighted by atomic mass is 19.1. The SMILES string of the molecule is O=C(NCCN1CCOCC1)c1nn(-c2ccccc2F)cc1O. The van der Waals surface area contributed by atoms with Gasteiger partial charge in [0, 0.05) is 26.2 Å². The van der Waals surface area contributed by atoms with Crippen LogP contribution in [0.4, 0.5) is 4.39 Å². The van der Waals surface area contributed by atoms with E-state index in [9.17, 15) is 14.3 Å². The number of para-hydroxylation sites is 1. The molecule has 2 N–H and O–H groups in total. The second kappa shape index (κ2) is 7.41. The Bertz CT molecular complexity index is 713. The first-order chi connectivity index (χ1) is 11.6. The Balaban J connectivity index is 1.62. The molecule has 1 aliphatic heterocycles. The van der Waals surface area contributed by atoms with E-state index in [-0.39, 0.29) is 17.1 Å². The van der Waals surface area contributed by atoms with Gasteiger partial charge in [0.05, 0.1) is 19.4 Å². The average Bonchev–Trinajstić information content (AvgIpc) is 2.98. The maximum Gasteiger partial charge on any atom is 0.275 e. The number of nitrogens with one attached hydrogen (secondary N) is 1. The topological polar surface area (TPSA) is 79.6 Å². The molecule has 3 rings (SSSR count). The Hall–Kier alpha value is -2.45. The van der Waals surface area contributed by atoms with Crippen molar-refractivity contribution in [3.63, 3.8) is 0 Å². The molecule has 1 aromatic heterocycles. The van der Waals surface area contributed by atoms with Crippen molar-refractivity contribution in [1.29, 1.82) is 0 Å². The van der Waals surface area contributed by atoms with Crippen LogP contribution >= 0.6 is 0 Å². The first kappa shape index (κ1) is 16.4. The highest BCUT2D eigenvalue weighted by Gasteiger charge is 2.18. The van der Waals surface area contributed by atoms with Gasteiger partial charge in [-0.25, -0.2) is 9.07 Å². The van der Waals surface area contributed by atoms with Crippen molar-refractivity contribution in [3.05, 3.63) is 42.0 Å². The fourth-order valence-electron chi connectivity index (χ4n) is 2.52. The standard InChI is InChI=1S/C16H19FN4O3/c17-12-3-1-2-4-13(12)21-11-14(22)15(19-21)16(23)18-5-6-20-7-9-24-10-8-20/h1-4,11,22H,5-10H2,(H,18,23). The quantitative estimate of drug-likeness (QED) is 0.845. The third-order valence-corrected chi connectivity index (χ3v) is 3.83. The van der Waals surface area contributed by atoms with Crippen LogP contribution in [0.5, 0.6) is 5.75 Å². The van der Waals surface area contributed by atoms with E-state index in [1.54, 1.807) is 12.1 Å². The van der Waals surface area contributed by atoms with Gasteiger partial charge in [0.1, 0.15) is 11.5 Å². The number of amides is 1. The molecule has 0 atom stereocenters. The third kappa shape index (κ3) is 3.72. The average molecular weight is 334 g/mol. The molecule has 24 heavy (non-hydrogen) atoms. The summed E-state index contributed by atoms with van der Waals surface area (Å²) >= 11 is 0. The Kier molecular flexibility index (Phi) is 5.07. The molecule has 0 radical (unpaired) electrons. The first-order valence-electron chi connectivity index (χ1n) is 7.77. The molecule has 1 amide bonds. The van der Waals surface area contributed by atoms with Crippen molar-refractivity contribution in [3.8, 4) is 11.4 Å². The van der Waals surface area contributed by atoms with Crippen LogP contribution in [-0.4, -0.2) is 65.1 Å². The lowest BCUT2D eigenvalue weighted by atomic mass is 10.3. The van der Waals surface area contributed by atoms with Crippen LogP contribution in [0.25, 0.3) is 5.69 Å². The minimum Gasteiger partial charge on any atom is -0.504 e. The number of hydrogen-bond donors (Lipinski definition) is 2. The van der Waals surface area contributed by atoms with Crippen molar-refractivity contribution in [2.24, 2.45) is 0 Å². The lowest BCUT2D eigenvalue weighted by molar-refractivity contribution is 0.0383. The Morgan fingerprint density at radius 1 is 1.33 bits per heavy atom. The Labute approximate surface area is 138 Å². The minimum atomic E-state index is -0.490. The van der Waals surface area contributed by atoms with E-state index in [2.05, 4.69) is 15.3 Å². The largest absolute Gasteiger partial charge is 0.504 e. The Morgan fingerprint density at radius 2 is 2.08 bits per heavy atom. The molecule has 2 heterocycles. The van der Waals surface area contributed by atoms with Gasteiger partial charge in [0.2, 0.25) is 0 Å². The van der Waals surface area contributed by atoms with Crippen LogP contribution < -0.4 is 5.32 Å². The third-order valence-electron chi connectivity index (χ3n) is 3.83. The number of rotatable bonds is 5. The smallest absolute Gasteiger partial charge is 0.275 e. The van der Waals surface area contributed by atoms with Gasteiger partial charge >= 0.3 is 0 Å². The first-order valence-corrected chi connectivity index (χ1v) is 7.77. The van der Waals surface area contributed by atoms with E-state index in [1.807, 2.05) is 0 Å². The summed E-state index contributed by atoms with van der Waals surface area (Å²) in [5.41, 5.74) is 0.0420. The Morgan fingerprint density at radius 3 is 2.83 bits per heavy atom. The molecule has 0 unspecified atom stereocenters. The van der Waals surface area contributed by atoms with Gasteiger partial charge in [0.25, 0.3) is 5.91 Å². The minimum absolute atomic E-state index is 0.125. The van der Waals surface area contributed by atoms with Gasteiger partial charge in [-0.3, -0.25) is 9.69 Å². The van der Waals surface area contributed by atoms with Crippen LogP contribution in [0.15, 0.2) is 30.5 Å². The van der Waals surface area contributed by atoms with Crippen molar-refractivity contribution in [2.75, 3.05) is 39.4 Å². The summed E-state index contributed by atoms with van der Waals surface area (Å²) in [4.78, 5) is 14.3. The second-order valence-corrected chi connectivity index (χ2v) is 5.47. The van der Waals surface area contributed by atoms with Gasteiger partial charge in [-0.1, -0.05) is 12.1 Å². The van der Waals surface area contributed by atoms with E-state index in [4.69, 9.17) is 4.74 Å². The number of halogens is 1. The summed E-state index contributed by atoms with van der Waals surface area (Å²) in [5.74, 6) is -1.27. The molecule has 1 saturated heterocycles. The van der Waals surface area contributed by atoms with Crippen molar-refractivity contribution >= 4 is 5.91 Å². The highest BCUT2D eigenvalue weighted by molar-refractivity contribution is 5.94. The molecule has 128 valence electrons. The number of morpholine rings is 1. The molecule has 0 saturated carbocycles. The van der Waals surface area contributed by atoms with E-state index >= 15 is 0 Å². The molecular weight excluding hydrogens is 315 g/mol. The number of benzene rings is 1. The molecule has 2 aromatic rings. The summed E-state index contributed by atoms with van der Waals surface area (Å²) in [5, 5.41) is 16.6. The molecule has 0 spiro atoms. The number of aromatic hydroxyl groups is 1. The van der Waals surface area contributed by atoms with Gasteiger partial charge < -0.3 is 15.2 Å². The van der Waals surface area contributed by atoms with Crippen LogP contribution in [0.1, 0.15) is 10.5 Å². The molecule has 1 aliphatic rings. The second-order valence-electron chi connectivity index (χ2n) is 5.47. The summed E-state index contributed by atoms with van der Waals surface area (Å²) < 4.78 is 20.2. The van der Waals surface area contributed by atoms with Gasteiger partial charge in [-0.15, -0.1) is 0 Å². The van der Waals surface area contributed by atoms with Crippen LogP contribution in [0.3, 0.4) is 0 Å². The molecule has 0 bridgehead atoms. The molecule has 1 fully saturated rings. The van der Waals surface area contributed by atoms with Crippen LogP contribution in [0.2, 0.25) is 0 Å². The molecule has 7 nitrogen and oxygen atoms in total. The lowest BCUT2D eigenvalue weighted by Gasteiger charge is -2.26. The number of hydrogen-bond acceptors (Lipinski definition) is 5. The summed E-state index contributed by atoms with van der Waals surface area (Å²) in [6.45, 7) is 4.20. The van der Waals surface area contributed by atoms with E-state index in [0.717, 1.165) is 17.8 Å². The van der Waals surface area contributed by atoms with E-state index < -0.39 is 11.7 Å². The fraction of sp³-hybridized carbons (Fsp3) is 0.375. The summed E-state index contributed by atoms with van der Waals surface area (Å²) in [7, 11) is 0. The number of carbonyl (C=O) groups is 1. The fourth-order valence-corrected chi connectivity index (χ4v) is 2.52. The highest BCUT2D eigenvalue weighted by Crippen LogP contribution is 2.19. The van der Waals surface area contributed by atoms with Crippen LogP contribution in [-0.2, 0) is 4.74 Å². The number of carbonyl (C=O) groups excluding carboxylic acids is 1. The van der Waals surface area contributed by atoms with Gasteiger partial charge in [-0.2, -0.15) is 5.10 Å². The van der Waals surface area contributed by atoms with E-state index in [0.29, 0.717) is 26.3 Å². The molecule has 8 heteroatoms. The predicted octanol–water partition coefficient (Wildman–Crippen LogP) is 0.779. The lowest BCUT2D eigenvalue weighted by Crippen LogP contribution is -2.41. The van der Waals surface area contributed by atoms with Crippen LogP contribution in [0, 0.1) is 5.82 Å². The zero-order valence-corrected chi connectivity index (χ0v) is 13.1. The number of ether oxygens (including phenoxy) is 1. The van der Waals surface area contributed by atoms with E-state index in [1.165, 1.54) is 18.3 Å². The molecule has 0 aliphatic carbocycles.